The Balaban J connectivity index is 1.62. The van der Waals surface area contributed by atoms with Gasteiger partial charge in [-0.3, -0.25) is 14.9 Å². The van der Waals surface area contributed by atoms with Crippen LogP contribution in [0.2, 0.25) is 0 Å². The summed E-state index contributed by atoms with van der Waals surface area (Å²) in [4.78, 5) is 22.7. The van der Waals surface area contributed by atoms with E-state index in [0.29, 0.717) is 5.56 Å². The van der Waals surface area contributed by atoms with Gasteiger partial charge in [-0.25, -0.2) is 0 Å². The number of aliphatic hydroxyl groups is 1. The third kappa shape index (κ3) is 3.72. The van der Waals surface area contributed by atoms with Crippen LogP contribution in [0.4, 0.5) is 5.69 Å². The van der Waals surface area contributed by atoms with Crippen LogP contribution in [0.5, 0.6) is 0 Å². The number of halogens is 1. The molecule has 1 saturated carbocycles. The molecule has 1 fully saturated rings. The first-order valence-electron chi connectivity index (χ1n) is 7.89. The minimum absolute atomic E-state index is 0.0350. The molecule has 25 heavy (non-hydrogen) atoms. The highest BCUT2D eigenvalue weighted by Gasteiger charge is 2.51. The highest BCUT2D eigenvalue weighted by molar-refractivity contribution is 9.10. The Morgan fingerprint density at radius 1 is 1.20 bits per heavy atom. The first kappa shape index (κ1) is 17.6. The van der Waals surface area contributed by atoms with E-state index in [1.54, 1.807) is 0 Å². The summed E-state index contributed by atoms with van der Waals surface area (Å²) in [5.74, 6) is -0.101. The van der Waals surface area contributed by atoms with Gasteiger partial charge in [-0.05, 0) is 48.2 Å². The standard InChI is InChI=1S/C18H17BrN2O4/c19-14-5-3-13(4-6-14)18(9-10-18)17(23)20-11-16(22)12-1-7-15(8-2-12)21(24)25/h1-8,16,22H,9-11H2,(H,20,23)/t16-/m0/s1. The molecule has 0 saturated heterocycles. The van der Waals surface area contributed by atoms with Crippen LogP contribution in [0.15, 0.2) is 53.0 Å². The molecule has 0 heterocycles. The van der Waals surface area contributed by atoms with Crippen LogP contribution in [0.3, 0.4) is 0 Å². The fraction of sp³-hybridized carbons (Fsp3) is 0.278. The maximum atomic E-state index is 12.6. The van der Waals surface area contributed by atoms with Crippen molar-refractivity contribution in [3.63, 3.8) is 0 Å². The number of carbonyl (C=O) groups excluding carboxylic acids is 1. The summed E-state index contributed by atoms with van der Waals surface area (Å²) >= 11 is 3.38. The van der Waals surface area contributed by atoms with Gasteiger partial charge in [0, 0.05) is 23.2 Å². The highest BCUT2D eigenvalue weighted by atomic mass is 79.9. The lowest BCUT2D eigenvalue weighted by Gasteiger charge is -2.18. The van der Waals surface area contributed by atoms with E-state index >= 15 is 0 Å². The average Bonchev–Trinajstić information content (AvgIpc) is 3.42. The van der Waals surface area contributed by atoms with Crippen LogP contribution in [-0.4, -0.2) is 22.5 Å². The van der Waals surface area contributed by atoms with Crippen molar-refractivity contribution < 1.29 is 14.8 Å². The number of aliphatic hydroxyl groups excluding tert-OH is 1. The van der Waals surface area contributed by atoms with Crippen molar-refractivity contribution in [3.05, 3.63) is 74.2 Å². The zero-order valence-corrected chi connectivity index (χ0v) is 14.9. The lowest BCUT2D eigenvalue weighted by atomic mass is 9.95. The lowest BCUT2D eigenvalue weighted by molar-refractivity contribution is -0.384. The Morgan fingerprint density at radius 2 is 1.80 bits per heavy atom. The number of carbonyl (C=O) groups is 1. The van der Waals surface area contributed by atoms with Crippen LogP contribution in [0.1, 0.15) is 30.1 Å². The molecule has 1 amide bonds. The number of amides is 1. The topological polar surface area (TPSA) is 92.5 Å². The summed E-state index contributed by atoms with van der Waals surface area (Å²) in [7, 11) is 0. The molecule has 2 N–H and O–H groups in total. The molecule has 0 unspecified atom stereocenters. The Bertz CT molecular complexity index is 786. The van der Waals surface area contributed by atoms with Gasteiger partial charge in [-0.1, -0.05) is 28.1 Å². The average molecular weight is 405 g/mol. The van der Waals surface area contributed by atoms with E-state index in [1.807, 2.05) is 24.3 Å². The third-order valence-corrected chi connectivity index (χ3v) is 5.05. The SMILES string of the molecule is O=C(NC[C@H](O)c1ccc([N+](=O)[O-])cc1)C1(c2ccc(Br)cc2)CC1. The number of benzene rings is 2. The van der Waals surface area contributed by atoms with Gasteiger partial charge in [0.2, 0.25) is 5.91 Å². The summed E-state index contributed by atoms with van der Waals surface area (Å²) in [5, 5.41) is 23.7. The largest absolute Gasteiger partial charge is 0.387 e. The molecule has 1 atom stereocenters. The van der Waals surface area contributed by atoms with Crippen molar-refractivity contribution in [1.29, 1.82) is 0 Å². The molecular weight excluding hydrogens is 388 g/mol. The highest BCUT2D eigenvalue weighted by Crippen LogP contribution is 2.48. The van der Waals surface area contributed by atoms with Crippen molar-refractivity contribution in [2.24, 2.45) is 0 Å². The number of hydrogen-bond donors (Lipinski definition) is 2. The van der Waals surface area contributed by atoms with Gasteiger partial charge in [0.25, 0.3) is 5.69 Å². The fourth-order valence-electron chi connectivity index (χ4n) is 2.84. The maximum Gasteiger partial charge on any atom is 0.269 e. The van der Waals surface area contributed by atoms with Gasteiger partial charge in [0.15, 0.2) is 0 Å². The molecule has 6 nitrogen and oxygen atoms in total. The van der Waals surface area contributed by atoms with Crippen LogP contribution < -0.4 is 5.32 Å². The molecule has 2 aromatic rings. The number of nitrogens with one attached hydrogen (secondary N) is 1. The predicted octanol–water partition coefficient (Wildman–Crippen LogP) is 3.24. The van der Waals surface area contributed by atoms with Crippen molar-refractivity contribution >= 4 is 27.5 Å². The number of nitrogens with zero attached hydrogens (tertiary/aromatic N) is 1. The van der Waals surface area contributed by atoms with E-state index in [-0.39, 0.29) is 18.1 Å². The fourth-order valence-corrected chi connectivity index (χ4v) is 3.10. The first-order valence-corrected chi connectivity index (χ1v) is 8.68. The van der Waals surface area contributed by atoms with Crippen LogP contribution >= 0.6 is 15.9 Å². The van der Waals surface area contributed by atoms with Crippen molar-refractivity contribution in [3.8, 4) is 0 Å². The second-order valence-electron chi connectivity index (χ2n) is 6.16. The van der Waals surface area contributed by atoms with Gasteiger partial charge in [0.1, 0.15) is 0 Å². The monoisotopic (exact) mass is 404 g/mol. The summed E-state index contributed by atoms with van der Waals surface area (Å²) < 4.78 is 0.959. The van der Waals surface area contributed by atoms with Crippen LogP contribution in [0.25, 0.3) is 0 Å². The van der Waals surface area contributed by atoms with E-state index in [1.165, 1.54) is 24.3 Å². The summed E-state index contributed by atoms with van der Waals surface area (Å²) in [6.07, 6.45) is 0.660. The zero-order valence-electron chi connectivity index (χ0n) is 13.3. The van der Waals surface area contributed by atoms with Gasteiger partial charge in [-0.2, -0.15) is 0 Å². The third-order valence-electron chi connectivity index (χ3n) is 4.53. The molecule has 1 aliphatic carbocycles. The van der Waals surface area contributed by atoms with Crippen molar-refractivity contribution in [2.45, 2.75) is 24.4 Å². The second-order valence-corrected chi connectivity index (χ2v) is 7.08. The Morgan fingerprint density at radius 3 is 2.32 bits per heavy atom. The second kappa shape index (κ2) is 6.93. The number of hydrogen-bond acceptors (Lipinski definition) is 4. The Kier molecular flexibility index (Phi) is 4.87. The van der Waals surface area contributed by atoms with E-state index in [4.69, 9.17) is 0 Å². The molecule has 0 aliphatic heterocycles. The predicted molar refractivity (Wildman–Crippen MR) is 96.1 cm³/mol. The first-order chi connectivity index (χ1) is 11.9. The quantitative estimate of drug-likeness (QED) is 0.570. The van der Waals surface area contributed by atoms with E-state index in [9.17, 15) is 20.0 Å². The Labute approximate surface area is 153 Å². The minimum atomic E-state index is -0.912. The van der Waals surface area contributed by atoms with Gasteiger partial charge in [-0.15, -0.1) is 0 Å². The number of nitro benzene ring substituents is 1. The van der Waals surface area contributed by atoms with Gasteiger partial charge >= 0.3 is 0 Å². The van der Waals surface area contributed by atoms with E-state index in [2.05, 4.69) is 21.2 Å². The van der Waals surface area contributed by atoms with Crippen molar-refractivity contribution in [2.75, 3.05) is 6.54 Å². The van der Waals surface area contributed by atoms with Gasteiger partial charge < -0.3 is 10.4 Å². The van der Waals surface area contributed by atoms with Gasteiger partial charge in [0.05, 0.1) is 16.4 Å². The van der Waals surface area contributed by atoms with Crippen LogP contribution in [0, 0.1) is 10.1 Å². The Hall–Kier alpha value is -2.25. The molecule has 2 aromatic carbocycles. The summed E-state index contributed by atoms with van der Waals surface area (Å²) in [5.41, 5.74) is 0.958. The van der Waals surface area contributed by atoms with Crippen LogP contribution in [-0.2, 0) is 10.2 Å². The maximum absolute atomic E-state index is 12.6. The molecule has 0 spiro atoms. The molecule has 130 valence electrons. The molecule has 1 aliphatic rings. The number of nitro groups is 1. The molecule has 0 radical (unpaired) electrons. The van der Waals surface area contributed by atoms with E-state index < -0.39 is 16.4 Å². The minimum Gasteiger partial charge on any atom is -0.387 e. The zero-order chi connectivity index (χ0) is 18.0. The summed E-state index contributed by atoms with van der Waals surface area (Å²) in [6.45, 7) is 0.0644. The number of rotatable bonds is 6. The molecular formula is C18H17BrN2O4. The van der Waals surface area contributed by atoms with Crippen molar-refractivity contribution in [1.82, 2.24) is 5.32 Å². The number of non-ortho nitro benzene ring substituents is 1. The molecule has 3 rings (SSSR count). The molecule has 0 bridgehead atoms. The lowest BCUT2D eigenvalue weighted by Crippen LogP contribution is -2.37. The normalized spacial score (nSPS) is 16.1. The molecule has 7 heteroatoms. The van der Waals surface area contributed by atoms with E-state index in [0.717, 1.165) is 22.9 Å². The smallest absolute Gasteiger partial charge is 0.269 e. The molecule has 0 aromatic heterocycles. The summed E-state index contributed by atoms with van der Waals surface area (Å²) in [6, 6.07) is 13.4.